The Labute approximate surface area is 192 Å². The number of amides is 1. The number of hydrogen-bond acceptors (Lipinski definition) is 6. The van der Waals surface area contributed by atoms with Crippen LogP contribution in [0.25, 0.3) is 0 Å². The van der Waals surface area contributed by atoms with Gasteiger partial charge in [-0.3, -0.25) is 4.79 Å². The number of ether oxygens (including phenoxy) is 4. The Kier molecular flexibility index (Phi) is 6.85. The molecule has 0 saturated carbocycles. The summed E-state index contributed by atoms with van der Waals surface area (Å²) in [7, 11) is 4.87. The van der Waals surface area contributed by atoms with Gasteiger partial charge in [0.05, 0.1) is 33.8 Å². The second-order valence-electron chi connectivity index (χ2n) is 7.48. The molecule has 0 unspecified atom stereocenters. The molecular weight excluding hydrogens is 426 g/mol. The van der Waals surface area contributed by atoms with Crippen molar-refractivity contribution < 1.29 is 23.7 Å². The van der Waals surface area contributed by atoms with Crippen LogP contribution in [-0.4, -0.2) is 45.3 Å². The van der Waals surface area contributed by atoms with Gasteiger partial charge in [0.25, 0.3) is 0 Å². The highest BCUT2D eigenvalue weighted by atomic mass is 32.1. The molecule has 168 valence electrons. The topological polar surface area (TPSA) is 57.2 Å². The minimum absolute atomic E-state index is 0.0847. The molecule has 4 rings (SSSR count). The largest absolute Gasteiger partial charge is 0.493 e. The van der Waals surface area contributed by atoms with Crippen molar-refractivity contribution in [2.75, 3.05) is 34.5 Å². The molecule has 0 spiro atoms. The van der Waals surface area contributed by atoms with E-state index in [1.54, 1.807) is 32.7 Å². The number of methoxy groups -OCH3 is 3. The molecule has 0 fully saturated rings. The van der Waals surface area contributed by atoms with Crippen LogP contribution in [0.5, 0.6) is 23.0 Å². The van der Waals surface area contributed by atoms with Gasteiger partial charge in [0.1, 0.15) is 6.61 Å². The first-order valence-corrected chi connectivity index (χ1v) is 11.3. The molecule has 6 nitrogen and oxygen atoms in total. The molecule has 7 heteroatoms. The summed E-state index contributed by atoms with van der Waals surface area (Å²) in [5.74, 6) is 2.72. The van der Waals surface area contributed by atoms with Crippen LogP contribution in [0, 0.1) is 0 Å². The Morgan fingerprint density at radius 3 is 2.38 bits per heavy atom. The van der Waals surface area contributed by atoms with Crippen LogP contribution >= 0.6 is 11.3 Å². The third-order valence-corrected chi connectivity index (χ3v) is 6.57. The van der Waals surface area contributed by atoms with Crippen LogP contribution in [0.2, 0.25) is 0 Å². The fraction of sp³-hybridized carbons (Fsp3) is 0.320. The molecule has 2 aromatic carbocycles. The smallest absolute Gasteiger partial charge is 0.228 e. The third-order valence-electron chi connectivity index (χ3n) is 5.69. The number of fused-ring (bicyclic) bond motifs is 1. The third kappa shape index (κ3) is 4.53. The predicted octanol–water partition coefficient (Wildman–Crippen LogP) is 4.52. The lowest BCUT2D eigenvalue weighted by atomic mass is 9.91. The summed E-state index contributed by atoms with van der Waals surface area (Å²) in [6, 6.07) is 15.2. The predicted molar refractivity (Wildman–Crippen MR) is 124 cm³/mol. The molecule has 3 aromatic rings. The summed E-state index contributed by atoms with van der Waals surface area (Å²) in [5, 5.41) is 1.99. The number of benzene rings is 2. The van der Waals surface area contributed by atoms with Crippen molar-refractivity contribution in [1.82, 2.24) is 4.90 Å². The van der Waals surface area contributed by atoms with E-state index in [9.17, 15) is 4.79 Å². The van der Waals surface area contributed by atoms with Crippen LogP contribution in [-0.2, 0) is 17.6 Å². The van der Waals surface area contributed by atoms with Gasteiger partial charge in [-0.25, -0.2) is 0 Å². The van der Waals surface area contributed by atoms with Gasteiger partial charge in [-0.1, -0.05) is 18.2 Å². The summed E-state index contributed by atoms with van der Waals surface area (Å²) in [5.41, 5.74) is 2.15. The lowest BCUT2D eigenvalue weighted by Gasteiger charge is -2.37. The van der Waals surface area contributed by atoms with E-state index in [2.05, 4.69) is 0 Å². The maximum atomic E-state index is 13.3. The molecule has 1 atom stereocenters. The van der Waals surface area contributed by atoms with E-state index in [0.29, 0.717) is 42.6 Å². The second kappa shape index (κ2) is 9.96. The van der Waals surface area contributed by atoms with Gasteiger partial charge in [0, 0.05) is 11.4 Å². The number of carbonyl (C=O) groups is 1. The molecule has 1 aliphatic heterocycles. The zero-order chi connectivity index (χ0) is 22.5. The number of hydrogen-bond donors (Lipinski definition) is 0. The first-order valence-electron chi connectivity index (χ1n) is 10.5. The average molecular weight is 454 g/mol. The van der Waals surface area contributed by atoms with Crippen LogP contribution in [0.4, 0.5) is 0 Å². The summed E-state index contributed by atoms with van der Waals surface area (Å²) >= 11 is 1.60. The first-order chi connectivity index (χ1) is 15.6. The standard InChI is InChI=1S/C25H27NO5S/c1-28-21-8-4-5-9-22(21)31-16-20-19-15-24(30-3)23(29-2)13-17(19)10-11-26(20)25(27)14-18-7-6-12-32-18/h4-9,12-13,15,20H,10-11,14,16H2,1-3H3/t20-/m1/s1. The summed E-state index contributed by atoms with van der Waals surface area (Å²) < 4.78 is 22.6. The first kappa shape index (κ1) is 22.0. The van der Waals surface area contributed by atoms with Gasteiger partial charge >= 0.3 is 0 Å². The van der Waals surface area contributed by atoms with Crippen molar-refractivity contribution in [1.29, 1.82) is 0 Å². The highest BCUT2D eigenvalue weighted by Gasteiger charge is 2.33. The molecule has 0 bridgehead atoms. The van der Waals surface area contributed by atoms with Gasteiger partial charge in [0.15, 0.2) is 23.0 Å². The van der Waals surface area contributed by atoms with Crippen LogP contribution < -0.4 is 18.9 Å². The number of nitrogens with zero attached hydrogens (tertiary/aromatic N) is 1. The molecule has 0 N–H and O–H groups in total. The van der Waals surface area contributed by atoms with Crippen LogP contribution in [0.15, 0.2) is 53.9 Å². The lowest BCUT2D eigenvalue weighted by Crippen LogP contribution is -2.43. The molecule has 0 aliphatic carbocycles. The van der Waals surface area contributed by atoms with Gasteiger partial charge in [-0.2, -0.15) is 0 Å². The Bertz CT molecular complexity index is 1070. The molecule has 0 saturated heterocycles. The molecule has 0 radical (unpaired) electrons. The van der Waals surface area contributed by atoms with E-state index in [1.807, 2.05) is 58.8 Å². The number of para-hydroxylation sites is 2. The monoisotopic (exact) mass is 453 g/mol. The molecule has 2 heterocycles. The van der Waals surface area contributed by atoms with Crippen molar-refractivity contribution >= 4 is 17.2 Å². The van der Waals surface area contributed by atoms with Crippen molar-refractivity contribution in [2.45, 2.75) is 18.9 Å². The van der Waals surface area contributed by atoms with Gasteiger partial charge in [-0.05, 0) is 53.3 Å². The Balaban J connectivity index is 1.66. The zero-order valence-electron chi connectivity index (χ0n) is 18.5. The van der Waals surface area contributed by atoms with Crippen molar-refractivity contribution in [2.24, 2.45) is 0 Å². The molecule has 1 aliphatic rings. The number of carbonyl (C=O) groups excluding carboxylic acids is 1. The minimum Gasteiger partial charge on any atom is -0.493 e. The normalized spacial score (nSPS) is 15.1. The fourth-order valence-electron chi connectivity index (χ4n) is 4.08. The van der Waals surface area contributed by atoms with Crippen LogP contribution in [0.3, 0.4) is 0 Å². The van der Waals surface area contributed by atoms with Crippen molar-refractivity contribution in [3.63, 3.8) is 0 Å². The number of thiophene rings is 1. The molecule has 1 amide bonds. The van der Waals surface area contributed by atoms with E-state index < -0.39 is 0 Å². The highest BCUT2D eigenvalue weighted by molar-refractivity contribution is 7.10. The van der Waals surface area contributed by atoms with E-state index in [4.69, 9.17) is 18.9 Å². The van der Waals surface area contributed by atoms with E-state index in [-0.39, 0.29) is 11.9 Å². The van der Waals surface area contributed by atoms with E-state index >= 15 is 0 Å². The maximum absolute atomic E-state index is 13.3. The zero-order valence-corrected chi connectivity index (χ0v) is 19.3. The number of rotatable bonds is 8. The SMILES string of the molecule is COc1cc2c(cc1OC)[C@@H](COc1ccccc1OC)N(C(=O)Cc1cccs1)CC2. The maximum Gasteiger partial charge on any atom is 0.228 e. The summed E-state index contributed by atoms with van der Waals surface area (Å²) in [4.78, 5) is 16.3. The van der Waals surface area contributed by atoms with E-state index in [1.165, 1.54) is 0 Å². The quantitative estimate of drug-likeness (QED) is 0.502. The highest BCUT2D eigenvalue weighted by Crippen LogP contribution is 2.39. The van der Waals surface area contributed by atoms with Crippen molar-refractivity contribution in [3.05, 3.63) is 69.9 Å². The summed E-state index contributed by atoms with van der Waals surface area (Å²) in [6.07, 6.45) is 1.13. The van der Waals surface area contributed by atoms with Crippen molar-refractivity contribution in [3.8, 4) is 23.0 Å². The van der Waals surface area contributed by atoms with Crippen LogP contribution in [0.1, 0.15) is 22.0 Å². The Morgan fingerprint density at radius 1 is 0.969 bits per heavy atom. The summed E-state index contributed by atoms with van der Waals surface area (Å²) in [6.45, 7) is 0.922. The lowest BCUT2D eigenvalue weighted by molar-refractivity contribution is -0.134. The van der Waals surface area contributed by atoms with Gasteiger partial charge in [0.2, 0.25) is 5.91 Å². The van der Waals surface area contributed by atoms with E-state index in [0.717, 1.165) is 22.4 Å². The molecule has 1 aromatic heterocycles. The average Bonchev–Trinajstić information content (AvgIpc) is 3.34. The molecule has 32 heavy (non-hydrogen) atoms. The second-order valence-corrected chi connectivity index (χ2v) is 8.51. The van der Waals surface area contributed by atoms with Gasteiger partial charge < -0.3 is 23.8 Å². The molecular formula is C25H27NO5S. The van der Waals surface area contributed by atoms with Gasteiger partial charge in [-0.15, -0.1) is 11.3 Å². The Hall–Kier alpha value is -3.19. The Morgan fingerprint density at radius 2 is 1.69 bits per heavy atom. The fourth-order valence-corrected chi connectivity index (χ4v) is 4.77. The minimum atomic E-state index is -0.254.